The van der Waals surface area contributed by atoms with Crippen LogP contribution < -0.4 is 14.4 Å². The quantitative estimate of drug-likeness (QED) is 0.911. The van der Waals surface area contributed by atoms with Gasteiger partial charge < -0.3 is 10.1 Å². The molecule has 1 aliphatic heterocycles. The maximum Gasteiger partial charge on any atom is 0.262 e. The molecule has 1 N–H and O–H groups in total. The summed E-state index contributed by atoms with van der Waals surface area (Å²) in [6.07, 6.45) is -0.879. The highest BCUT2D eigenvalue weighted by Crippen LogP contribution is 2.35. The minimum Gasteiger partial charge on any atom is -0.476 e. The third kappa shape index (κ3) is 3.21. The Kier molecular flexibility index (Phi) is 4.44. The predicted molar refractivity (Wildman–Crippen MR) is 91.3 cm³/mol. The van der Waals surface area contributed by atoms with Crippen LogP contribution in [0.2, 0.25) is 0 Å². The first kappa shape index (κ1) is 16.3. The van der Waals surface area contributed by atoms with Gasteiger partial charge in [0.05, 0.1) is 18.0 Å². The lowest BCUT2D eigenvalue weighted by Crippen LogP contribution is -2.50. The molecule has 0 aromatic heterocycles. The Labute approximate surface area is 141 Å². The lowest BCUT2D eigenvalue weighted by molar-refractivity contribution is -0.127. The summed E-state index contributed by atoms with van der Waals surface area (Å²) in [5, 5.41) is 2.50. The summed E-state index contributed by atoms with van der Waals surface area (Å²) in [5.74, 6) is -0.110. The lowest BCUT2D eigenvalue weighted by Gasteiger charge is -2.34. The molecular weight excluding hydrogens is 328 g/mol. The number of nitrogens with one attached hydrogen (secondary N) is 1. The van der Waals surface area contributed by atoms with E-state index in [0.717, 1.165) is 0 Å². The number of fused-ring (bicyclic) bond motifs is 1. The first-order valence-electron chi connectivity index (χ1n) is 7.53. The summed E-state index contributed by atoms with van der Waals surface area (Å²) in [6.45, 7) is -0.0497. The Morgan fingerprint density at radius 3 is 2.54 bits per heavy atom. The van der Waals surface area contributed by atoms with Crippen molar-refractivity contribution in [3.05, 3.63) is 60.2 Å². The molecule has 7 heteroatoms. The lowest BCUT2D eigenvalue weighted by atomic mass is 10.2. The Morgan fingerprint density at radius 2 is 1.83 bits per heavy atom. The summed E-state index contributed by atoms with van der Waals surface area (Å²) in [4.78, 5) is 11.9. The topological polar surface area (TPSA) is 75.7 Å². The zero-order valence-electron chi connectivity index (χ0n) is 13.2. The van der Waals surface area contributed by atoms with E-state index in [0.29, 0.717) is 17.0 Å². The number of anilines is 1. The van der Waals surface area contributed by atoms with Crippen molar-refractivity contribution in [3.8, 4) is 5.75 Å². The Morgan fingerprint density at radius 1 is 1.17 bits per heavy atom. The van der Waals surface area contributed by atoms with E-state index in [2.05, 4.69) is 5.32 Å². The average molecular weight is 346 g/mol. The van der Waals surface area contributed by atoms with Gasteiger partial charge in [-0.2, -0.15) is 0 Å². The number of nitrogens with zero attached hydrogens (tertiary/aromatic N) is 1. The van der Waals surface area contributed by atoms with Crippen LogP contribution in [0.15, 0.2) is 54.6 Å². The minimum absolute atomic E-state index is 0.0497. The summed E-state index contributed by atoms with van der Waals surface area (Å²) in [7, 11) is -2.16. The van der Waals surface area contributed by atoms with Crippen LogP contribution in [0.3, 0.4) is 0 Å². The van der Waals surface area contributed by atoms with Gasteiger partial charge >= 0.3 is 0 Å². The average Bonchev–Trinajstić information content (AvgIpc) is 2.60. The summed E-state index contributed by atoms with van der Waals surface area (Å²) >= 11 is 0. The smallest absolute Gasteiger partial charge is 0.262 e. The Hall–Kier alpha value is -2.54. The van der Waals surface area contributed by atoms with E-state index < -0.39 is 16.1 Å². The number of para-hydroxylation sites is 2. The van der Waals surface area contributed by atoms with Crippen molar-refractivity contribution in [2.45, 2.75) is 11.9 Å². The van der Waals surface area contributed by atoms with Crippen LogP contribution in [0.1, 0.15) is 5.56 Å². The SMILES string of the molecule is CNC(=O)C1CN(S(=O)(=O)Cc2ccccc2)c2ccccc2O1. The molecule has 1 unspecified atom stereocenters. The molecule has 0 spiro atoms. The van der Waals surface area contributed by atoms with Gasteiger partial charge in [0, 0.05) is 7.05 Å². The molecule has 126 valence electrons. The molecule has 0 bridgehead atoms. The largest absolute Gasteiger partial charge is 0.476 e. The molecule has 0 radical (unpaired) electrons. The highest BCUT2D eigenvalue weighted by Gasteiger charge is 2.36. The molecule has 6 nitrogen and oxygen atoms in total. The molecule has 0 fully saturated rings. The van der Waals surface area contributed by atoms with Gasteiger partial charge in [-0.1, -0.05) is 42.5 Å². The molecule has 0 saturated carbocycles. The standard InChI is InChI=1S/C17H18N2O4S/c1-18-17(20)16-11-19(14-9-5-6-10-15(14)23-16)24(21,22)12-13-7-3-2-4-8-13/h2-10,16H,11-12H2,1H3,(H,18,20). The molecule has 2 aromatic rings. The van der Waals surface area contributed by atoms with E-state index in [-0.39, 0.29) is 18.2 Å². The number of amides is 1. The number of benzene rings is 2. The molecule has 0 saturated heterocycles. The van der Waals surface area contributed by atoms with Crippen LogP contribution in [-0.2, 0) is 20.6 Å². The van der Waals surface area contributed by atoms with Gasteiger partial charge in [-0.15, -0.1) is 0 Å². The fourth-order valence-electron chi connectivity index (χ4n) is 2.63. The zero-order chi connectivity index (χ0) is 17.2. The Bertz CT molecular complexity index is 837. The summed E-state index contributed by atoms with van der Waals surface area (Å²) in [6, 6.07) is 15.8. The van der Waals surface area contributed by atoms with Crippen molar-refractivity contribution < 1.29 is 17.9 Å². The van der Waals surface area contributed by atoms with Crippen LogP contribution in [0.5, 0.6) is 5.75 Å². The van der Waals surface area contributed by atoms with E-state index in [1.54, 1.807) is 48.5 Å². The minimum atomic E-state index is -3.65. The van der Waals surface area contributed by atoms with Gasteiger partial charge in [0.25, 0.3) is 5.91 Å². The number of sulfonamides is 1. The van der Waals surface area contributed by atoms with Crippen molar-refractivity contribution in [2.75, 3.05) is 17.9 Å². The fourth-order valence-corrected chi connectivity index (χ4v) is 4.21. The van der Waals surface area contributed by atoms with E-state index in [1.807, 2.05) is 6.07 Å². The predicted octanol–water partition coefficient (Wildman–Crippen LogP) is 1.53. The van der Waals surface area contributed by atoms with E-state index >= 15 is 0 Å². The molecule has 3 rings (SSSR count). The van der Waals surface area contributed by atoms with E-state index in [1.165, 1.54) is 11.4 Å². The zero-order valence-corrected chi connectivity index (χ0v) is 14.0. The molecule has 1 atom stereocenters. The highest BCUT2D eigenvalue weighted by atomic mass is 32.2. The van der Waals surface area contributed by atoms with Crippen molar-refractivity contribution in [1.82, 2.24) is 5.32 Å². The molecule has 1 amide bonds. The number of rotatable bonds is 4. The van der Waals surface area contributed by atoms with Crippen molar-refractivity contribution in [2.24, 2.45) is 0 Å². The summed E-state index contributed by atoms with van der Waals surface area (Å²) in [5.41, 5.74) is 1.14. The van der Waals surface area contributed by atoms with Crippen LogP contribution in [0, 0.1) is 0 Å². The molecule has 0 aliphatic carbocycles. The van der Waals surface area contributed by atoms with Gasteiger partial charge in [0.15, 0.2) is 6.10 Å². The van der Waals surface area contributed by atoms with Gasteiger partial charge in [-0.25, -0.2) is 8.42 Å². The number of carbonyl (C=O) groups is 1. The molecular formula is C17H18N2O4S. The number of hydrogen-bond acceptors (Lipinski definition) is 4. The maximum atomic E-state index is 12.9. The van der Waals surface area contributed by atoms with E-state index in [9.17, 15) is 13.2 Å². The Balaban J connectivity index is 1.97. The van der Waals surface area contributed by atoms with Gasteiger partial charge in [-0.05, 0) is 17.7 Å². The number of carbonyl (C=O) groups excluding carboxylic acids is 1. The second-order valence-corrected chi connectivity index (χ2v) is 7.35. The van der Waals surface area contributed by atoms with Crippen LogP contribution in [0.4, 0.5) is 5.69 Å². The van der Waals surface area contributed by atoms with Crippen molar-refractivity contribution in [1.29, 1.82) is 0 Å². The fraction of sp³-hybridized carbons (Fsp3) is 0.235. The molecule has 1 aliphatic rings. The first-order valence-corrected chi connectivity index (χ1v) is 9.14. The van der Waals surface area contributed by atoms with Gasteiger partial charge in [0.1, 0.15) is 5.75 Å². The normalized spacial score (nSPS) is 16.9. The molecule has 24 heavy (non-hydrogen) atoms. The second-order valence-electron chi connectivity index (χ2n) is 5.46. The monoisotopic (exact) mass is 346 g/mol. The van der Waals surface area contributed by atoms with Crippen molar-refractivity contribution >= 4 is 21.6 Å². The van der Waals surface area contributed by atoms with Crippen LogP contribution in [-0.4, -0.2) is 34.0 Å². The second kappa shape index (κ2) is 6.52. The summed E-state index contributed by atoms with van der Waals surface area (Å²) < 4.78 is 32.7. The number of hydrogen-bond donors (Lipinski definition) is 1. The van der Waals surface area contributed by atoms with Crippen LogP contribution >= 0.6 is 0 Å². The number of ether oxygens (including phenoxy) is 1. The molecule has 1 heterocycles. The third-order valence-corrected chi connectivity index (χ3v) is 5.52. The maximum absolute atomic E-state index is 12.9. The number of likely N-dealkylation sites (N-methyl/N-ethyl adjacent to an activating group) is 1. The van der Waals surface area contributed by atoms with E-state index in [4.69, 9.17) is 4.74 Å². The highest BCUT2D eigenvalue weighted by molar-refractivity contribution is 7.92. The van der Waals surface area contributed by atoms with Crippen LogP contribution in [0.25, 0.3) is 0 Å². The molecule has 2 aromatic carbocycles. The first-order chi connectivity index (χ1) is 11.5. The van der Waals surface area contributed by atoms with Gasteiger partial charge in [-0.3, -0.25) is 9.10 Å². The van der Waals surface area contributed by atoms with Gasteiger partial charge in [0.2, 0.25) is 10.0 Å². The van der Waals surface area contributed by atoms with Crippen molar-refractivity contribution in [3.63, 3.8) is 0 Å². The third-order valence-electron chi connectivity index (χ3n) is 3.80.